The first-order chi connectivity index (χ1) is 22.1. The van der Waals surface area contributed by atoms with E-state index in [0.717, 1.165) is 11.6 Å². The molecule has 1 N–H and O–H groups in total. The quantitative estimate of drug-likeness (QED) is 0.185. The summed E-state index contributed by atoms with van der Waals surface area (Å²) in [6, 6.07) is 11.9. The molecule has 0 bridgehead atoms. The van der Waals surface area contributed by atoms with Gasteiger partial charge in [0, 0.05) is 54.9 Å². The van der Waals surface area contributed by atoms with Crippen molar-refractivity contribution in [3.05, 3.63) is 64.8 Å². The molecule has 0 amide bonds. The fourth-order valence-corrected chi connectivity index (χ4v) is 7.12. The molecule has 3 heterocycles. The van der Waals surface area contributed by atoms with Gasteiger partial charge >= 0.3 is 13.6 Å². The molecule has 8 nitrogen and oxygen atoms in total. The van der Waals surface area contributed by atoms with Gasteiger partial charge in [-0.2, -0.15) is 18.4 Å². The van der Waals surface area contributed by atoms with E-state index in [9.17, 15) is 23.2 Å². The average Bonchev–Trinajstić information content (AvgIpc) is 3.31. The zero-order valence-corrected chi connectivity index (χ0v) is 28.7. The summed E-state index contributed by atoms with van der Waals surface area (Å²) < 4.78 is 54.5. The van der Waals surface area contributed by atoms with E-state index in [1.54, 1.807) is 23.0 Å². The molecule has 3 aromatic rings. The predicted molar refractivity (Wildman–Crippen MR) is 180 cm³/mol. The Morgan fingerprint density at radius 1 is 1.19 bits per heavy atom. The number of halogens is 3. The molecular weight excluding hydrogens is 622 g/mol. The summed E-state index contributed by atoms with van der Waals surface area (Å²) >= 11 is 0. The van der Waals surface area contributed by atoms with Crippen molar-refractivity contribution in [2.24, 2.45) is 0 Å². The first kappa shape index (κ1) is 34.6. The van der Waals surface area contributed by atoms with Crippen LogP contribution >= 0.6 is 0 Å². The zero-order chi connectivity index (χ0) is 34.2. The third-order valence-corrected chi connectivity index (χ3v) is 14.2. The fraction of sp³-hybridized carbons (Fsp3) is 0.471. The van der Waals surface area contributed by atoms with Crippen LogP contribution < -0.4 is 10.1 Å². The van der Waals surface area contributed by atoms with Crippen LogP contribution in [0, 0.1) is 11.3 Å². The van der Waals surface area contributed by atoms with E-state index in [4.69, 9.17) is 9.16 Å². The molecule has 1 aromatic heterocycles. The normalized spacial score (nSPS) is 18.9. The van der Waals surface area contributed by atoms with Crippen LogP contribution in [-0.2, 0) is 25.5 Å². The molecule has 1 unspecified atom stereocenters. The lowest BCUT2D eigenvalue weighted by atomic mass is 9.83. The van der Waals surface area contributed by atoms with Crippen LogP contribution in [0.5, 0.6) is 0 Å². The van der Waals surface area contributed by atoms with Crippen LogP contribution in [-0.4, -0.2) is 58.3 Å². The molecule has 1 fully saturated rings. The summed E-state index contributed by atoms with van der Waals surface area (Å²) in [5.74, 6) is -0.102. The van der Waals surface area contributed by atoms with Crippen LogP contribution in [0.4, 0.5) is 30.5 Å². The fourth-order valence-electron chi connectivity index (χ4n) is 6.01. The van der Waals surface area contributed by atoms with Gasteiger partial charge in [-0.25, -0.2) is 9.97 Å². The Labute approximate surface area is 276 Å². The third-order valence-electron chi connectivity index (χ3n) is 9.71. The maximum absolute atomic E-state index is 14.2. The van der Waals surface area contributed by atoms with Gasteiger partial charge in [-0.3, -0.25) is 0 Å². The highest BCUT2D eigenvalue weighted by Crippen LogP contribution is 2.46. The summed E-state index contributed by atoms with van der Waals surface area (Å²) in [6.07, 6.45) is -1.21. The molecule has 47 heavy (non-hydrogen) atoms. The lowest BCUT2D eigenvalue weighted by Crippen LogP contribution is -2.46. The smallest absolute Gasteiger partial charge is 0.416 e. The minimum atomic E-state index is -4.53. The van der Waals surface area contributed by atoms with E-state index in [2.05, 4.69) is 62.1 Å². The van der Waals surface area contributed by atoms with E-state index >= 15 is 0 Å². The molecule has 13 heteroatoms. The minimum Gasteiger partial charge on any atom is -0.416 e. The number of hydrogen-bond donors (Lipinski definition) is 1. The molecule has 0 spiro atoms. The van der Waals surface area contributed by atoms with Crippen LogP contribution in [0.25, 0.3) is 11.3 Å². The van der Waals surface area contributed by atoms with Crippen molar-refractivity contribution in [2.75, 3.05) is 36.5 Å². The van der Waals surface area contributed by atoms with Gasteiger partial charge in [-0.15, -0.1) is 0 Å². The Balaban J connectivity index is 1.49. The Morgan fingerprint density at radius 3 is 2.55 bits per heavy atom. The van der Waals surface area contributed by atoms with Crippen molar-refractivity contribution in [2.45, 2.75) is 76.2 Å². The van der Waals surface area contributed by atoms with E-state index < -0.39 is 25.5 Å². The number of ether oxygens (including phenoxy) is 1. The van der Waals surface area contributed by atoms with E-state index in [1.165, 1.54) is 19.7 Å². The summed E-state index contributed by atoms with van der Waals surface area (Å²) in [5, 5.41) is 13.2. The number of rotatable bonds is 9. The SMILES string of the molecule is CC1(CO[Si](C)(C)C(C)(C)C)CN([B]C=O)c2c(C#N)cc(-c3ccnc(Nc4ccc(C5CCOCC5)c(C(F)(F)F)c4)n3)cc21. The van der Waals surface area contributed by atoms with Crippen LogP contribution in [0.15, 0.2) is 42.6 Å². The van der Waals surface area contributed by atoms with E-state index in [0.29, 0.717) is 67.9 Å². The third kappa shape index (κ3) is 7.25. The molecule has 2 aromatic carbocycles. The van der Waals surface area contributed by atoms with Gasteiger partial charge in [0.25, 0.3) is 0 Å². The number of fused-ring (bicyclic) bond motifs is 1. The van der Waals surface area contributed by atoms with Gasteiger partial charge in [0.05, 0.1) is 16.8 Å². The molecule has 2 aliphatic heterocycles. The summed E-state index contributed by atoms with van der Waals surface area (Å²) in [4.78, 5) is 22.3. The molecule has 1 radical (unpaired) electrons. The number of nitrogens with one attached hydrogen (secondary N) is 1. The van der Waals surface area contributed by atoms with Gasteiger partial charge in [0.2, 0.25) is 5.95 Å². The Morgan fingerprint density at radius 2 is 1.91 bits per heavy atom. The number of carbonyl (C=O) groups excluding carboxylic acids is 1. The largest absolute Gasteiger partial charge is 0.416 e. The summed E-state index contributed by atoms with van der Waals surface area (Å²) in [5.41, 5.74) is 2.27. The Bertz CT molecular complexity index is 1680. The number of carbonyl (C=O) groups is 1. The molecule has 1 saturated heterocycles. The van der Waals surface area contributed by atoms with Crippen molar-refractivity contribution in [1.29, 1.82) is 5.26 Å². The number of aromatic nitrogens is 2. The van der Waals surface area contributed by atoms with Crippen molar-refractivity contribution < 1.29 is 27.1 Å². The van der Waals surface area contributed by atoms with Gasteiger partial charge in [0.1, 0.15) is 12.3 Å². The van der Waals surface area contributed by atoms with E-state index in [1.807, 2.05) is 6.07 Å². The predicted octanol–water partition coefficient (Wildman–Crippen LogP) is 7.58. The first-order valence-corrected chi connectivity index (χ1v) is 18.6. The second-order valence-corrected chi connectivity index (χ2v) is 18.9. The maximum Gasteiger partial charge on any atom is 0.416 e. The zero-order valence-electron chi connectivity index (χ0n) is 27.7. The number of nitrogens with zero attached hydrogens (tertiary/aromatic N) is 4. The summed E-state index contributed by atoms with van der Waals surface area (Å²) in [6.45, 7) is 14.7. The van der Waals surface area contributed by atoms with Crippen LogP contribution in [0.1, 0.15) is 68.7 Å². The number of hydrogen-bond acceptors (Lipinski definition) is 8. The van der Waals surface area contributed by atoms with Crippen molar-refractivity contribution >= 4 is 39.2 Å². The lowest BCUT2D eigenvalue weighted by molar-refractivity contribution is -0.138. The molecule has 1 atom stereocenters. The minimum absolute atomic E-state index is 0.00452. The molecular formula is C34H40BF3N5O3Si. The highest BCUT2D eigenvalue weighted by molar-refractivity contribution is 6.74. The standard InChI is InChI=1S/C34H40BF3N5O3Si/c1-32(2,3)47(5,6)46-20-33(4)19-43(35-21-44)30-24(18-39)15-23(16-28(30)33)29-9-12-40-31(42-29)41-25-7-8-26(22-10-13-45-14-11-22)27(17-25)34(36,37)38/h7-9,12,15-17,21-22H,10-11,13-14,19-20H2,1-6H3,(H,40,41,42). The molecule has 0 aliphatic carbocycles. The molecule has 2 aliphatic rings. The number of alkyl halides is 3. The second-order valence-electron chi connectivity index (χ2n) is 14.1. The van der Waals surface area contributed by atoms with Gasteiger partial charge in [-0.1, -0.05) is 33.8 Å². The number of benzene rings is 2. The monoisotopic (exact) mass is 662 g/mol. The van der Waals surface area contributed by atoms with Crippen molar-refractivity contribution in [1.82, 2.24) is 9.97 Å². The average molecular weight is 663 g/mol. The van der Waals surface area contributed by atoms with Gasteiger partial charge in [0.15, 0.2) is 8.32 Å². The highest BCUT2D eigenvalue weighted by atomic mass is 28.4. The Hall–Kier alpha value is -3.73. The lowest BCUT2D eigenvalue weighted by Gasteiger charge is -2.39. The molecule has 5 rings (SSSR count). The number of nitriles is 1. The molecule has 0 saturated carbocycles. The van der Waals surface area contributed by atoms with Crippen LogP contribution in [0.2, 0.25) is 18.1 Å². The topological polar surface area (TPSA) is 100 Å². The van der Waals surface area contributed by atoms with Gasteiger partial charge < -0.3 is 24.1 Å². The van der Waals surface area contributed by atoms with Crippen LogP contribution in [0.3, 0.4) is 0 Å². The van der Waals surface area contributed by atoms with Crippen molar-refractivity contribution in [3.63, 3.8) is 0 Å². The molecule has 247 valence electrons. The maximum atomic E-state index is 14.2. The number of anilines is 3. The Kier molecular flexibility index (Phi) is 9.61. The van der Waals surface area contributed by atoms with Gasteiger partial charge in [-0.05, 0) is 78.4 Å². The van der Waals surface area contributed by atoms with Crippen molar-refractivity contribution in [3.8, 4) is 17.3 Å². The second kappa shape index (κ2) is 13.1. The highest BCUT2D eigenvalue weighted by Gasteiger charge is 2.45. The first-order valence-electron chi connectivity index (χ1n) is 15.7. The summed E-state index contributed by atoms with van der Waals surface area (Å²) in [7, 11) is -0.686. The van der Waals surface area contributed by atoms with E-state index in [-0.39, 0.29) is 28.2 Å².